The number of hydrogen-bond donors (Lipinski definition) is 2. The molecule has 0 aliphatic carbocycles. The molecule has 0 aliphatic rings. The lowest BCUT2D eigenvalue weighted by Gasteiger charge is -2.04. The maximum Gasteiger partial charge on any atom is 0.309 e. The first-order valence-corrected chi connectivity index (χ1v) is 6.52. The van der Waals surface area contributed by atoms with Gasteiger partial charge >= 0.3 is 5.97 Å². The molecule has 3 N–H and O–H groups in total. The Morgan fingerprint density at radius 2 is 2.09 bits per heavy atom. The van der Waals surface area contributed by atoms with Gasteiger partial charge in [0.25, 0.3) is 5.56 Å². The van der Waals surface area contributed by atoms with Crippen molar-refractivity contribution in [2.24, 2.45) is 5.73 Å². The van der Waals surface area contributed by atoms with Crippen LogP contribution < -0.4 is 16.0 Å². The monoisotopic (exact) mass is 303 g/mol. The number of pyridine rings is 1. The number of hydrogen-bond acceptors (Lipinski definition) is 4. The van der Waals surface area contributed by atoms with Gasteiger partial charge in [-0.15, -0.1) is 0 Å². The molecular weight excluding hydrogens is 288 g/mol. The van der Waals surface area contributed by atoms with E-state index in [0.717, 1.165) is 5.56 Å². The topological polar surface area (TPSA) is 119 Å². The maximum atomic E-state index is 11.9. The number of carboxylic acids is 1. The van der Waals surface area contributed by atoms with E-state index in [9.17, 15) is 14.4 Å². The van der Waals surface area contributed by atoms with E-state index >= 15 is 0 Å². The fraction of sp³-hybridized carbons (Fsp3) is 0.214. The largest absolute Gasteiger partial charge is 0.481 e. The normalized spacial score (nSPS) is 10.4. The van der Waals surface area contributed by atoms with E-state index in [4.69, 9.17) is 10.8 Å². The highest BCUT2D eigenvalue weighted by Crippen LogP contribution is 2.14. The van der Waals surface area contributed by atoms with Crippen LogP contribution in [0, 0.1) is 0 Å². The number of nitrogens with zero attached hydrogens (tertiary/aromatic N) is 3. The van der Waals surface area contributed by atoms with Crippen LogP contribution in [0.25, 0.3) is 11.1 Å². The van der Waals surface area contributed by atoms with Gasteiger partial charge in [0.15, 0.2) is 12.7 Å². The average molecular weight is 303 g/mol. The summed E-state index contributed by atoms with van der Waals surface area (Å²) in [5.74, 6) is -1.48. The van der Waals surface area contributed by atoms with Gasteiger partial charge in [-0.1, -0.05) is 4.68 Å². The first-order chi connectivity index (χ1) is 10.5. The van der Waals surface area contributed by atoms with Crippen LogP contribution in [0.3, 0.4) is 0 Å². The molecule has 0 saturated carbocycles. The Kier molecular flexibility index (Phi) is 4.62. The minimum absolute atomic E-state index is 0.0137. The Balaban J connectivity index is 2.18. The fourth-order valence-corrected chi connectivity index (χ4v) is 1.88. The highest BCUT2D eigenvalue weighted by atomic mass is 16.4. The number of aryl methyl sites for hydroxylation is 1. The van der Waals surface area contributed by atoms with Crippen molar-refractivity contribution in [3.63, 3.8) is 0 Å². The number of aliphatic carboxylic acids is 1. The lowest BCUT2D eigenvalue weighted by molar-refractivity contribution is -0.752. The van der Waals surface area contributed by atoms with Gasteiger partial charge in [0.2, 0.25) is 5.91 Å². The molecule has 0 atom stereocenters. The molecule has 2 heterocycles. The molecule has 8 heteroatoms. The number of carboxylic acid groups (broad SMARTS) is 1. The van der Waals surface area contributed by atoms with Crippen LogP contribution in [0.2, 0.25) is 0 Å². The van der Waals surface area contributed by atoms with E-state index in [1.54, 1.807) is 24.5 Å². The summed E-state index contributed by atoms with van der Waals surface area (Å²) in [6.07, 6.45) is 4.68. The van der Waals surface area contributed by atoms with Crippen LogP contribution in [0.5, 0.6) is 0 Å². The maximum absolute atomic E-state index is 11.9. The molecule has 2 aromatic rings. The summed E-state index contributed by atoms with van der Waals surface area (Å²) < 4.78 is 2.72. The second kappa shape index (κ2) is 6.61. The highest BCUT2D eigenvalue weighted by Gasteiger charge is 2.08. The van der Waals surface area contributed by atoms with Crippen molar-refractivity contribution in [2.45, 2.75) is 19.5 Å². The van der Waals surface area contributed by atoms with E-state index in [-0.39, 0.29) is 25.1 Å². The zero-order chi connectivity index (χ0) is 16.1. The molecule has 0 aliphatic heterocycles. The average Bonchev–Trinajstić information content (AvgIpc) is 2.47. The minimum atomic E-state index is -0.892. The van der Waals surface area contributed by atoms with Crippen LogP contribution in [0.4, 0.5) is 0 Å². The van der Waals surface area contributed by atoms with Crippen LogP contribution >= 0.6 is 0 Å². The van der Waals surface area contributed by atoms with Crippen molar-refractivity contribution >= 4 is 11.9 Å². The van der Waals surface area contributed by atoms with E-state index in [1.165, 1.54) is 21.5 Å². The number of amides is 1. The number of primary amides is 1. The SMILES string of the molecule is NC(=O)Cn1ccc(-c2cc[n+](CCC(=O)O)nc2)cc1=O. The molecule has 0 aromatic carbocycles. The third-order valence-electron chi connectivity index (χ3n) is 2.98. The number of aromatic nitrogens is 3. The van der Waals surface area contributed by atoms with E-state index in [1.807, 2.05) is 0 Å². The standard InChI is InChI=1S/C14H14N4O4/c15-12(19)9-17-4-1-10(7-13(17)20)11-2-5-18(16-8-11)6-3-14(21)22/h1-2,4-5,7-8H,3,6,9H2,(H2-,15,19,21,22)/p+1. The van der Waals surface area contributed by atoms with E-state index in [2.05, 4.69) is 5.10 Å². The number of nitrogens with two attached hydrogens (primary N) is 1. The van der Waals surface area contributed by atoms with Gasteiger partial charge in [-0.05, 0) is 16.7 Å². The molecule has 0 unspecified atom stereocenters. The molecule has 0 bridgehead atoms. The molecule has 22 heavy (non-hydrogen) atoms. The summed E-state index contributed by atoms with van der Waals surface area (Å²) in [6.45, 7) is 0.108. The molecule has 1 amide bonds. The Bertz CT molecular complexity index is 752. The van der Waals surface area contributed by atoms with Crippen molar-refractivity contribution in [3.8, 4) is 11.1 Å². The zero-order valence-electron chi connectivity index (χ0n) is 11.7. The quantitative estimate of drug-likeness (QED) is 0.674. The van der Waals surface area contributed by atoms with E-state index < -0.39 is 11.9 Å². The van der Waals surface area contributed by atoms with Crippen LogP contribution in [-0.4, -0.2) is 26.6 Å². The fourth-order valence-electron chi connectivity index (χ4n) is 1.88. The Morgan fingerprint density at radius 1 is 1.32 bits per heavy atom. The summed E-state index contributed by atoms with van der Waals surface area (Å²) in [6, 6.07) is 4.81. The molecule has 0 fully saturated rings. The van der Waals surface area contributed by atoms with Crippen LogP contribution in [0.1, 0.15) is 6.42 Å². The summed E-state index contributed by atoms with van der Waals surface area (Å²) in [5, 5.41) is 12.7. The van der Waals surface area contributed by atoms with Gasteiger partial charge in [0, 0.05) is 23.9 Å². The number of rotatable bonds is 6. The van der Waals surface area contributed by atoms with Gasteiger partial charge in [0.1, 0.15) is 19.2 Å². The molecule has 0 radical (unpaired) electrons. The van der Waals surface area contributed by atoms with Crippen molar-refractivity contribution in [2.75, 3.05) is 0 Å². The molecule has 0 spiro atoms. The molecule has 114 valence electrons. The van der Waals surface area contributed by atoms with Gasteiger partial charge < -0.3 is 15.4 Å². The summed E-state index contributed by atoms with van der Waals surface area (Å²) in [7, 11) is 0. The predicted octanol–water partition coefficient (Wildman–Crippen LogP) is -0.842. The molecule has 2 aromatic heterocycles. The molecule has 8 nitrogen and oxygen atoms in total. The van der Waals surface area contributed by atoms with Crippen molar-refractivity contribution < 1.29 is 19.4 Å². The van der Waals surface area contributed by atoms with Crippen molar-refractivity contribution in [1.29, 1.82) is 0 Å². The third kappa shape index (κ3) is 3.98. The lowest BCUT2D eigenvalue weighted by atomic mass is 10.1. The predicted molar refractivity (Wildman–Crippen MR) is 75.6 cm³/mol. The van der Waals surface area contributed by atoms with Gasteiger partial charge in [0.05, 0.1) is 0 Å². The van der Waals surface area contributed by atoms with Gasteiger partial charge in [-0.25, -0.2) is 0 Å². The zero-order valence-corrected chi connectivity index (χ0v) is 11.7. The number of carbonyl (C=O) groups excluding carboxylic acids is 1. The molecule has 0 saturated heterocycles. The summed E-state index contributed by atoms with van der Waals surface area (Å²) >= 11 is 0. The second-order valence-corrected chi connectivity index (χ2v) is 4.67. The van der Waals surface area contributed by atoms with Crippen molar-refractivity contribution in [1.82, 2.24) is 9.67 Å². The Morgan fingerprint density at radius 3 is 2.64 bits per heavy atom. The number of carbonyl (C=O) groups is 2. The molecule has 2 rings (SSSR count). The summed E-state index contributed by atoms with van der Waals surface area (Å²) in [5.41, 5.74) is 6.09. The highest BCUT2D eigenvalue weighted by molar-refractivity contribution is 5.73. The Hall–Kier alpha value is -3.03. The van der Waals surface area contributed by atoms with Crippen LogP contribution in [-0.2, 0) is 22.7 Å². The van der Waals surface area contributed by atoms with Crippen LogP contribution in [0.15, 0.2) is 41.6 Å². The van der Waals surface area contributed by atoms with Gasteiger partial charge in [-0.3, -0.25) is 14.4 Å². The minimum Gasteiger partial charge on any atom is -0.481 e. The smallest absolute Gasteiger partial charge is 0.309 e. The first-order valence-electron chi connectivity index (χ1n) is 6.52. The molecular formula is C14H15N4O4+. The summed E-state index contributed by atoms with van der Waals surface area (Å²) in [4.78, 5) is 33.2. The first kappa shape index (κ1) is 15.4. The van der Waals surface area contributed by atoms with Gasteiger partial charge in [-0.2, -0.15) is 0 Å². The Labute approximate surface area is 125 Å². The van der Waals surface area contributed by atoms with E-state index in [0.29, 0.717) is 5.56 Å². The lowest BCUT2D eigenvalue weighted by Crippen LogP contribution is -2.38. The second-order valence-electron chi connectivity index (χ2n) is 4.67. The third-order valence-corrected chi connectivity index (χ3v) is 2.98. The van der Waals surface area contributed by atoms with Crippen molar-refractivity contribution in [3.05, 3.63) is 47.1 Å².